The maximum atomic E-state index is 13.0. The van der Waals surface area contributed by atoms with E-state index in [4.69, 9.17) is 20.9 Å². The smallest absolute Gasteiger partial charge is 0.345 e. The van der Waals surface area contributed by atoms with E-state index in [0.29, 0.717) is 22.7 Å². The van der Waals surface area contributed by atoms with Gasteiger partial charge < -0.3 is 20.9 Å². The molecule has 3 rings (SSSR count). The van der Waals surface area contributed by atoms with Crippen molar-refractivity contribution in [3.05, 3.63) is 46.0 Å². The molecule has 1 aliphatic heterocycles. The number of hydrogen-bond acceptors (Lipinski definition) is 5. The van der Waals surface area contributed by atoms with Gasteiger partial charge in [-0.2, -0.15) is 0 Å². The molecule has 0 amide bonds. The lowest BCUT2D eigenvalue weighted by Gasteiger charge is -2.38. The molecule has 0 fully saturated rings. The lowest BCUT2D eigenvalue weighted by atomic mass is 9.83. The summed E-state index contributed by atoms with van der Waals surface area (Å²) >= 11 is 0. The Labute approximate surface area is 249 Å². The maximum Gasteiger partial charge on any atom is 0.345 e. The fraction of sp³-hybridized carbons (Fsp3) is 0.639. The molecule has 0 aromatic heterocycles. The van der Waals surface area contributed by atoms with Crippen molar-refractivity contribution in [1.82, 2.24) is 0 Å². The molecule has 5 nitrogen and oxygen atoms in total. The van der Waals surface area contributed by atoms with Crippen LogP contribution < -0.4 is 20.9 Å². The van der Waals surface area contributed by atoms with Crippen LogP contribution in [0, 0.1) is 38.5 Å². The molecule has 1 heterocycles. The zero-order valence-corrected chi connectivity index (χ0v) is 27.1. The Kier molecular flexibility index (Phi) is 11.6. The van der Waals surface area contributed by atoms with Crippen LogP contribution in [0.25, 0.3) is 0 Å². The Morgan fingerprint density at radius 3 is 2.12 bits per heavy atom. The van der Waals surface area contributed by atoms with E-state index in [-0.39, 0.29) is 5.60 Å². The molecule has 0 spiro atoms. The van der Waals surface area contributed by atoms with E-state index in [0.717, 1.165) is 65.0 Å². The zero-order valence-electron chi connectivity index (χ0n) is 27.1. The molecule has 0 bridgehead atoms. The van der Waals surface area contributed by atoms with Gasteiger partial charge in [0.05, 0.1) is 5.56 Å². The summed E-state index contributed by atoms with van der Waals surface area (Å²) in [5, 5.41) is 0. The van der Waals surface area contributed by atoms with Crippen LogP contribution in [0.15, 0.2) is 18.2 Å². The van der Waals surface area contributed by atoms with Gasteiger partial charge in [0, 0.05) is 16.9 Å². The van der Waals surface area contributed by atoms with Gasteiger partial charge in [-0.3, -0.25) is 0 Å². The summed E-state index contributed by atoms with van der Waals surface area (Å²) in [5.41, 5.74) is 16.9. The molecule has 3 unspecified atom stereocenters. The highest BCUT2D eigenvalue weighted by atomic mass is 16.5. The third-order valence-corrected chi connectivity index (χ3v) is 9.33. The monoisotopic (exact) mass is 564 g/mol. The van der Waals surface area contributed by atoms with Crippen molar-refractivity contribution >= 4 is 17.3 Å². The highest BCUT2D eigenvalue weighted by Crippen LogP contribution is 2.45. The van der Waals surface area contributed by atoms with Gasteiger partial charge in [-0.1, -0.05) is 72.6 Å². The maximum absolute atomic E-state index is 13.0. The number of rotatable bonds is 14. The topological polar surface area (TPSA) is 87.6 Å². The van der Waals surface area contributed by atoms with E-state index in [1.54, 1.807) is 18.2 Å². The molecule has 0 saturated carbocycles. The molecule has 5 heteroatoms. The van der Waals surface area contributed by atoms with E-state index >= 15 is 0 Å². The van der Waals surface area contributed by atoms with Crippen LogP contribution in [-0.2, 0) is 6.42 Å². The summed E-state index contributed by atoms with van der Waals surface area (Å²) < 4.78 is 12.7. The minimum atomic E-state index is -0.468. The summed E-state index contributed by atoms with van der Waals surface area (Å²) in [7, 11) is 0. The van der Waals surface area contributed by atoms with Gasteiger partial charge in [0.1, 0.15) is 17.1 Å². The fourth-order valence-corrected chi connectivity index (χ4v) is 6.33. The molecule has 0 saturated heterocycles. The SMILES string of the molecule is Cc1c(C)c2c(c(C)c1OC(=O)c1ccc(N)cc1N)CCC(C)(CCCC(C)CCCC(C)CCCC(C)C)O2. The molecular weight excluding hydrogens is 508 g/mol. The molecule has 2 aromatic carbocycles. The standard InChI is InChI=1S/C36H56N2O3/c1-23(2)12-9-13-24(3)14-10-15-25(4)16-11-20-36(8)21-19-30-28(7)33(26(5)27(6)34(30)41-36)40-35(39)31-18-17-29(37)22-32(31)38/h17-18,22-25H,9-16,19-21,37-38H2,1-8H3. The Morgan fingerprint density at radius 1 is 0.902 bits per heavy atom. The van der Waals surface area contributed by atoms with Crippen LogP contribution in [0.5, 0.6) is 11.5 Å². The lowest BCUT2D eigenvalue weighted by molar-refractivity contribution is 0.0508. The zero-order chi connectivity index (χ0) is 30.3. The van der Waals surface area contributed by atoms with Gasteiger partial charge in [0.2, 0.25) is 0 Å². The van der Waals surface area contributed by atoms with Crippen molar-refractivity contribution < 1.29 is 14.3 Å². The first-order chi connectivity index (χ1) is 19.3. The summed E-state index contributed by atoms with van der Waals surface area (Å²) in [6.45, 7) is 17.9. The Bertz CT molecular complexity index is 1190. The molecule has 0 aliphatic carbocycles. The largest absolute Gasteiger partial charge is 0.487 e. The summed E-state index contributed by atoms with van der Waals surface area (Å²) in [6, 6.07) is 4.87. The normalized spacial score (nSPS) is 18.1. The minimum absolute atomic E-state index is 0.169. The highest BCUT2D eigenvalue weighted by Gasteiger charge is 2.35. The van der Waals surface area contributed by atoms with Crippen molar-refractivity contribution in [2.45, 2.75) is 132 Å². The van der Waals surface area contributed by atoms with Gasteiger partial charge in [-0.05, 0) is 106 Å². The average Bonchev–Trinajstić information content (AvgIpc) is 2.89. The minimum Gasteiger partial charge on any atom is -0.487 e. The Morgan fingerprint density at radius 2 is 1.51 bits per heavy atom. The quantitative estimate of drug-likeness (QED) is 0.135. The molecule has 41 heavy (non-hydrogen) atoms. The number of nitrogens with two attached hydrogens (primary N) is 2. The van der Waals surface area contributed by atoms with Crippen LogP contribution in [0.4, 0.5) is 11.4 Å². The Hall–Kier alpha value is -2.69. The van der Waals surface area contributed by atoms with Gasteiger partial charge >= 0.3 is 5.97 Å². The molecule has 2 aromatic rings. The van der Waals surface area contributed by atoms with Crippen LogP contribution in [0.2, 0.25) is 0 Å². The van der Waals surface area contributed by atoms with E-state index in [1.165, 1.54) is 51.4 Å². The van der Waals surface area contributed by atoms with Crippen molar-refractivity contribution in [2.75, 3.05) is 11.5 Å². The first-order valence-corrected chi connectivity index (χ1v) is 16.0. The van der Waals surface area contributed by atoms with Gasteiger partial charge in [-0.15, -0.1) is 0 Å². The predicted octanol–water partition coefficient (Wildman–Crippen LogP) is 9.52. The summed E-state index contributed by atoms with van der Waals surface area (Å²) in [6.07, 6.45) is 13.5. The van der Waals surface area contributed by atoms with Crippen molar-refractivity contribution in [2.24, 2.45) is 17.8 Å². The van der Waals surface area contributed by atoms with Crippen molar-refractivity contribution in [1.29, 1.82) is 0 Å². The van der Waals surface area contributed by atoms with E-state index in [2.05, 4.69) is 41.5 Å². The number of carbonyl (C=O) groups excluding carboxylic acids is 1. The van der Waals surface area contributed by atoms with E-state index < -0.39 is 5.97 Å². The molecule has 228 valence electrons. The second-order valence-corrected chi connectivity index (χ2v) is 13.7. The first kappa shape index (κ1) is 32.8. The van der Waals surface area contributed by atoms with Gasteiger partial charge in [-0.25, -0.2) is 4.79 Å². The van der Waals surface area contributed by atoms with Crippen LogP contribution in [0.1, 0.15) is 131 Å². The van der Waals surface area contributed by atoms with Crippen LogP contribution in [-0.4, -0.2) is 11.6 Å². The average molecular weight is 565 g/mol. The molecule has 1 aliphatic rings. The predicted molar refractivity (Wildman–Crippen MR) is 173 cm³/mol. The molecule has 0 radical (unpaired) electrons. The number of hydrogen-bond donors (Lipinski definition) is 2. The number of benzene rings is 2. The van der Waals surface area contributed by atoms with Gasteiger partial charge in [0.25, 0.3) is 0 Å². The highest BCUT2D eigenvalue weighted by molar-refractivity contribution is 5.97. The molecular formula is C36H56N2O3. The fourth-order valence-electron chi connectivity index (χ4n) is 6.33. The third kappa shape index (κ3) is 8.90. The lowest BCUT2D eigenvalue weighted by Crippen LogP contribution is -2.37. The Balaban J connectivity index is 1.55. The number of anilines is 2. The molecule has 4 N–H and O–H groups in total. The van der Waals surface area contributed by atoms with E-state index in [1.807, 2.05) is 13.8 Å². The molecule has 3 atom stereocenters. The number of carbonyl (C=O) groups is 1. The van der Waals surface area contributed by atoms with E-state index in [9.17, 15) is 4.79 Å². The second-order valence-electron chi connectivity index (χ2n) is 13.7. The number of esters is 1. The summed E-state index contributed by atoms with van der Waals surface area (Å²) in [4.78, 5) is 13.0. The van der Waals surface area contributed by atoms with Crippen molar-refractivity contribution in [3.8, 4) is 11.5 Å². The summed E-state index contributed by atoms with van der Waals surface area (Å²) in [5.74, 6) is 3.55. The third-order valence-electron chi connectivity index (χ3n) is 9.33. The van der Waals surface area contributed by atoms with Gasteiger partial charge in [0.15, 0.2) is 0 Å². The second kappa shape index (κ2) is 14.5. The van der Waals surface area contributed by atoms with Crippen molar-refractivity contribution in [3.63, 3.8) is 0 Å². The number of nitrogen functional groups attached to an aromatic ring is 2. The van der Waals surface area contributed by atoms with Crippen LogP contribution in [0.3, 0.4) is 0 Å². The first-order valence-electron chi connectivity index (χ1n) is 16.0. The van der Waals surface area contributed by atoms with Crippen LogP contribution >= 0.6 is 0 Å². The number of ether oxygens (including phenoxy) is 2. The number of fused-ring (bicyclic) bond motifs is 1.